The fourth-order valence-corrected chi connectivity index (χ4v) is 2.28. The van der Waals surface area contributed by atoms with Crippen molar-refractivity contribution in [3.05, 3.63) is 22.2 Å². The van der Waals surface area contributed by atoms with Gasteiger partial charge in [0.1, 0.15) is 5.75 Å². The van der Waals surface area contributed by atoms with Gasteiger partial charge >= 0.3 is 6.03 Å². The van der Waals surface area contributed by atoms with Crippen molar-refractivity contribution < 1.29 is 14.3 Å². The molecule has 1 aromatic carbocycles. The molecule has 22 heavy (non-hydrogen) atoms. The Kier molecular flexibility index (Phi) is 7.17. The molecular weight excluding hydrogens is 350 g/mol. The summed E-state index contributed by atoms with van der Waals surface area (Å²) in [4.78, 5) is 23.4. The van der Waals surface area contributed by atoms with E-state index in [1.165, 1.54) is 7.11 Å². The van der Waals surface area contributed by atoms with Gasteiger partial charge in [0.25, 0.3) is 0 Å². The van der Waals surface area contributed by atoms with Crippen molar-refractivity contribution >= 4 is 33.6 Å². The third-order valence-corrected chi connectivity index (χ3v) is 3.30. The zero-order chi connectivity index (χ0) is 16.7. The number of amides is 3. The van der Waals surface area contributed by atoms with Gasteiger partial charge in [-0.25, -0.2) is 4.79 Å². The van der Waals surface area contributed by atoms with Gasteiger partial charge in [-0.3, -0.25) is 4.79 Å². The molecule has 0 fully saturated rings. The fraction of sp³-hybridized carbons (Fsp3) is 0.467. The molecule has 3 amide bonds. The molecule has 1 rings (SSSR count). The Morgan fingerprint density at radius 1 is 1.27 bits per heavy atom. The Morgan fingerprint density at radius 2 is 1.95 bits per heavy atom. The van der Waals surface area contributed by atoms with Crippen LogP contribution in [-0.4, -0.2) is 32.1 Å². The van der Waals surface area contributed by atoms with Crippen LogP contribution in [0.4, 0.5) is 10.5 Å². The maximum absolute atomic E-state index is 11.9. The Balaban J connectivity index is 2.57. The molecule has 3 N–H and O–H groups in total. The van der Waals surface area contributed by atoms with E-state index >= 15 is 0 Å². The van der Waals surface area contributed by atoms with Crippen LogP contribution >= 0.6 is 15.9 Å². The van der Waals surface area contributed by atoms with E-state index in [1.54, 1.807) is 6.07 Å². The monoisotopic (exact) mass is 371 g/mol. The lowest BCUT2D eigenvalue weighted by atomic mass is 10.2. The average molecular weight is 372 g/mol. The lowest BCUT2D eigenvalue weighted by Gasteiger charge is -2.14. The van der Waals surface area contributed by atoms with Crippen LogP contribution < -0.4 is 20.7 Å². The van der Waals surface area contributed by atoms with Crippen LogP contribution in [-0.2, 0) is 4.79 Å². The second kappa shape index (κ2) is 8.63. The van der Waals surface area contributed by atoms with Gasteiger partial charge in [-0.05, 0) is 30.5 Å². The Hall–Kier alpha value is -1.76. The summed E-state index contributed by atoms with van der Waals surface area (Å²) in [6.07, 6.45) is 0. The SMILES string of the molecule is COc1cc(Br)cc(C)c1NC(=O)NCC(=O)NCC(C)C. The number of anilines is 1. The number of carbonyl (C=O) groups excluding carboxylic acids is 2. The number of hydrogen-bond acceptors (Lipinski definition) is 3. The van der Waals surface area contributed by atoms with Crippen LogP contribution in [0, 0.1) is 12.8 Å². The summed E-state index contributed by atoms with van der Waals surface area (Å²) in [6, 6.07) is 3.18. The zero-order valence-electron chi connectivity index (χ0n) is 13.2. The molecule has 0 heterocycles. The van der Waals surface area contributed by atoms with Crippen LogP contribution in [0.1, 0.15) is 19.4 Å². The molecule has 122 valence electrons. The Labute approximate surface area is 139 Å². The van der Waals surface area contributed by atoms with E-state index in [0.717, 1.165) is 10.0 Å². The Bertz CT molecular complexity index is 547. The van der Waals surface area contributed by atoms with Gasteiger partial charge in [0.15, 0.2) is 0 Å². The van der Waals surface area contributed by atoms with Crippen molar-refractivity contribution in [2.24, 2.45) is 5.92 Å². The minimum Gasteiger partial charge on any atom is -0.495 e. The number of carbonyl (C=O) groups is 2. The van der Waals surface area contributed by atoms with Crippen LogP contribution in [0.3, 0.4) is 0 Å². The molecule has 6 nitrogen and oxygen atoms in total. The van der Waals surface area contributed by atoms with Crippen LogP contribution in [0.25, 0.3) is 0 Å². The zero-order valence-corrected chi connectivity index (χ0v) is 14.8. The van der Waals surface area contributed by atoms with Crippen LogP contribution in [0.5, 0.6) is 5.75 Å². The number of rotatable bonds is 6. The number of methoxy groups -OCH3 is 1. The number of urea groups is 1. The first-order valence-corrected chi connectivity index (χ1v) is 7.78. The van der Waals surface area contributed by atoms with Crippen molar-refractivity contribution in [1.82, 2.24) is 10.6 Å². The molecule has 0 unspecified atom stereocenters. The predicted octanol–water partition coefficient (Wildman–Crippen LogP) is 2.66. The summed E-state index contributed by atoms with van der Waals surface area (Å²) < 4.78 is 6.11. The van der Waals surface area contributed by atoms with Gasteiger partial charge in [0.2, 0.25) is 5.91 Å². The minimum atomic E-state index is -0.455. The summed E-state index contributed by atoms with van der Waals surface area (Å²) in [5.41, 5.74) is 1.43. The van der Waals surface area contributed by atoms with E-state index in [2.05, 4.69) is 31.9 Å². The van der Waals surface area contributed by atoms with E-state index in [1.807, 2.05) is 26.8 Å². The molecule has 0 bridgehead atoms. The van der Waals surface area contributed by atoms with Gasteiger partial charge in [0.05, 0.1) is 19.3 Å². The quantitative estimate of drug-likeness (QED) is 0.718. The topological polar surface area (TPSA) is 79.5 Å². The molecule has 0 spiro atoms. The maximum Gasteiger partial charge on any atom is 0.319 e. The molecular formula is C15H22BrN3O3. The summed E-state index contributed by atoms with van der Waals surface area (Å²) >= 11 is 3.37. The van der Waals surface area contributed by atoms with Gasteiger partial charge in [0, 0.05) is 11.0 Å². The van der Waals surface area contributed by atoms with Crippen LogP contribution in [0.15, 0.2) is 16.6 Å². The van der Waals surface area contributed by atoms with Crippen molar-refractivity contribution in [3.8, 4) is 5.75 Å². The number of hydrogen-bond donors (Lipinski definition) is 3. The maximum atomic E-state index is 11.9. The molecule has 0 aliphatic heterocycles. The van der Waals surface area contributed by atoms with E-state index < -0.39 is 6.03 Å². The second-order valence-corrected chi connectivity index (χ2v) is 6.22. The summed E-state index contributed by atoms with van der Waals surface area (Å²) in [7, 11) is 1.53. The first-order valence-electron chi connectivity index (χ1n) is 6.99. The van der Waals surface area contributed by atoms with Crippen molar-refractivity contribution in [2.75, 3.05) is 25.5 Å². The van der Waals surface area contributed by atoms with E-state index in [9.17, 15) is 9.59 Å². The van der Waals surface area contributed by atoms with Gasteiger partial charge in [-0.1, -0.05) is 29.8 Å². The molecule has 0 aliphatic carbocycles. The third kappa shape index (κ3) is 5.93. The molecule has 1 aromatic rings. The molecule has 0 saturated carbocycles. The average Bonchev–Trinajstić information content (AvgIpc) is 2.45. The van der Waals surface area contributed by atoms with Crippen molar-refractivity contribution in [1.29, 1.82) is 0 Å². The number of benzene rings is 1. The largest absolute Gasteiger partial charge is 0.495 e. The number of nitrogens with one attached hydrogen (secondary N) is 3. The van der Waals surface area contributed by atoms with Gasteiger partial charge in [-0.15, -0.1) is 0 Å². The van der Waals surface area contributed by atoms with Crippen molar-refractivity contribution in [3.63, 3.8) is 0 Å². The second-order valence-electron chi connectivity index (χ2n) is 5.31. The lowest BCUT2D eigenvalue weighted by Crippen LogP contribution is -2.40. The molecule has 0 aromatic heterocycles. The fourth-order valence-electron chi connectivity index (χ4n) is 1.73. The van der Waals surface area contributed by atoms with E-state index in [0.29, 0.717) is 23.9 Å². The standard InChI is InChI=1S/C15H22BrN3O3/c1-9(2)7-17-13(20)8-18-15(21)19-14-10(3)5-11(16)6-12(14)22-4/h5-6,9H,7-8H2,1-4H3,(H,17,20)(H2,18,19,21). The summed E-state index contributed by atoms with van der Waals surface area (Å²) in [5.74, 6) is 0.696. The van der Waals surface area contributed by atoms with E-state index in [-0.39, 0.29) is 12.5 Å². The minimum absolute atomic E-state index is 0.0730. The van der Waals surface area contributed by atoms with E-state index in [4.69, 9.17) is 4.74 Å². The number of halogens is 1. The highest BCUT2D eigenvalue weighted by Gasteiger charge is 2.12. The van der Waals surface area contributed by atoms with Gasteiger partial charge in [-0.2, -0.15) is 0 Å². The predicted molar refractivity (Wildman–Crippen MR) is 90.3 cm³/mol. The highest BCUT2D eigenvalue weighted by Crippen LogP contribution is 2.31. The first kappa shape index (κ1) is 18.3. The smallest absolute Gasteiger partial charge is 0.319 e. The number of ether oxygens (including phenoxy) is 1. The molecule has 0 radical (unpaired) electrons. The summed E-state index contributed by atoms with van der Waals surface area (Å²) in [6.45, 7) is 6.38. The first-order chi connectivity index (χ1) is 10.3. The van der Waals surface area contributed by atoms with Crippen LogP contribution in [0.2, 0.25) is 0 Å². The molecule has 0 aliphatic rings. The molecule has 0 atom stereocenters. The highest BCUT2D eigenvalue weighted by molar-refractivity contribution is 9.10. The number of aryl methyl sites for hydroxylation is 1. The third-order valence-electron chi connectivity index (χ3n) is 2.84. The highest BCUT2D eigenvalue weighted by atomic mass is 79.9. The van der Waals surface area contributed by atoms with Crippen molar-refractivity contribution in [2.45, 2.75) is 20.8 Å². The Morgan fingerprint density at radius 3 is 2.55 bits per heavy atom. The normalized spacial score (nSPS) is 10.3. The van der Waals surface area contributed by atoms with Gasteiger partial charge < -0.3 is 20.7 Å². The lowest BCUT2D eigenvalue weighted by molar-refractivity contribution is -0.120. The molecule has 0 saturated heterocycles. The summed E-state index contributed by atoms with van der Waals surface area (Å²) in [5, 5.41) is 7.95. The molecule has 7 heteroatoms.